The summed E-state index contributed by atoms with van der Waals surface area (Å²) in [6, 6.07) is 0. The van der Waals surface area contributed by atoms with Crippen molar-refractivity contribution >= 4 is 5.97 Å². The van der Waals surface area contributed by atoms with Crippen molar-refractivity contribution in [1.82, 2.24) is 0 Å². The van der Waals surface area contributed by atoms with E-state index in [9.17, 15) is 18.0 Å². The molecule has 1 heterocycles. The average Bonchev–Trinajstić information content (AvgIpc) is 2.59. The zero-order valence-corrected chi connectivity index (χ0v) is 7.17. The SMILES string of the molecule is O=C(O)C1(C(F)(F)F)OC2CCC1C2. The molecule has 0 aromatic carbocycles. The molecule has 0 amide bonds. The quantitative estimate of drug-likeness (QED) is 0.714. The van der Waals surface area contributed by atoms with Crippen molar-refractivity contribution in [3.8, 4) is 0 Å². The van der Waals surface area contributed by atoms with Crippen LogP contribution in [0, 0.1) is 5.92 Å². The van der Waals surface area contributed by atoms with E-state index in [1.807, 2.05) is 0 Å². The van der Waals surface area contributed by atoms with Gasteiger partial charge in [-0.2, -0.15) is 13.2 Å². The van der Waals surface area contributed by atoms with Gasteiger partial charge in [-0.1, -0.05) is 0 Å². The number of fused-ring (bicyclic) bond motifs is 2. The fourth-order valence-corrected chi connectivity index (χ4v) is 2.42. The Morgan fingerprint density at radius 3 is 2.29 bits per heavy atom. The Balaban J connectivity index is 2.39. The van der Waals surface area contributed by atoms with Crippen LogP contribution in [0.2, 0.25) is 0 Å². The Morgan fingerprint density at radius 1 is 1.43 bits per heavy atom. The van der Waals surface area contributed by atoms with Gasteiger partial charge in [0.2, 0.25) is 0 Å². The van der Waals surface area contributed by atoms with E-state index in [1.54, 1.807) is 0 Å². The van der Waals surface area contributed by atoms with Crippen molar-refractivity contribution < 1.29 is 27.8 Å². The highest BCUT2D eigenvalue weighted by atomic mass is 19.4. The standard InChI is InChI=1S/C8H9F3O3/c9-8(10,11)7(6(12)13)4-1-2-5(3-4)14-7/h4-5H,1-3H2,(H,12,13). The van der Waals surface area contributed by atoms with Gasteiger partial charge in [-0.15, -0.1) is 0 Å². The van der Waals surface area contributed by atoms with E-state index in [1.165, 1.54) is 0 Å². The minimum Gasteiger partial charge on any atom is -0.479 e. The Bertz CT molecular complexity index is 275. The van der Waals surface area contributed by atoms with E-state index < -0.39 is 29.8 Å². The van der Waals surface area contributed by atoms with Crippen LogP contribution in [0.3, 0.4) is 0 Å². The number of ether oxygens (including phenoxy) is 1. The average molecular weight is 210 g/mol. The minimum atomic E-state index is -4.82. The van der Waals surface area contributed by atoms with Crippen LogP contribution in [0.15, 0.2) is 0 Å². The Kier molecular flexibility index (Phi) is 1.83. The molecule has 0 radical (unpaired) electrons. The van der Waals surface area contributed by atoms with E-state index in [-0.39, 0.29) is 12.8 Å². The smallest absolute Gasteiger partial charge is 0.428 e. The number of hydrogen-bond acceptors (Lipinski definition) is 2. The maximum Gasteiger partial charge on any atom is 0.428 e. The zero-order valence-electron chi connectivity index (χ0n) is 7.17. The maximum atomic E-state index is 12.6. The predicted octanol–water partition coefficient (Wildman–Crippen LogP) is 1.57. The summed E-state index contributed by atoms with van der Waals surface area (Å²) in [5, 5.41) is 8.68. The number of aliphatic carboxylic acids is 1. The Labute approximate surface area is 77.8 Å². The van der Waals surface area contributed by atoms with Crippen molar-refractivity contribution in [3.05, 3.63) is 0 Å². The van der Waals surface area contributed by atoms with E-state index in [4.69, 9.17) is 5.11 Å². The maximum absolute atomic E-state index is 12.6. The van der Waals surface area contributed by atoms with Crippen molar-refractivity contribution in [2.24, 2.45) is 5.92 Å². The zero-order chi connectivity index (χ0) is 10.6. The molecule has 0 aromatic rings. The van der Waals surface area contributed by atoms with Gasteiger partial charge in [0.25, 0.3) is 5.60 Å². The second-order valence-corrected chi connectivity index (χ2v) is 3.79. The number of carboxylic acid groups (broad SMARTS) is 1. The molecule has 80 valence electrons. The molecule has 3 unspecified atom stereocenters. The van der Waals surface area contributed by atoms with Crippen molar-refractivity contribution in [3.63, 3.8) is 0 Å². The number of hydrogen-bond donors (Lipinski definition) is 1. The van der Waals surface area contributed by atoms with Gasteiger partial charge < -0.3 is 9.84 Å². The molecule has 0 aromatic heterocycles. The second kappa shape index (κ2) is 2.62. The monoisotopic (exact) mass is 210 g/mol. The molecule has 2 aliphatic rings. The van der Waals surface area contributed by atoms with Gasteiger partial charge in [0, 0.05) is 5.92 Å². The van der Waals surface area contributed by atoms with E-state index in [0.29, 0.717) is 6.42 Å². The third-order valence-corrected chi connectivity index (χ3v) is 3.05. The molecule has 0 spiro atoms. The second-order valence-electron chi connectivity index (χ2n) is 3.79. The largest absolute Gasteiger partial charge is 0.479 e. The first-order chi connectivity index (χ1) is 6.38. The summed E-state index contributed by atoms with van der Waals surface area (Å²) in [6.07, 6.45) is -4.31. The first kappa shape index (κ1) is 9.76. The summed E-state index contributed by atoms with van der Waals surface area (Å²) in [6.45, 7) is 0. The lowest BCUT2D eigenvalue weighted by Crippen LogP contribution is -2.57. The first-order valence-electron chi connectivity index (χ1n) is 4.36. The van der Waals surface area contributed by atoms with Crippen LogP contribution >= 0.6 is 0 Å². The van der Waals surface area contributed by atoms with Crippen molar-refractivity contribution in [2.45, 2.75) is 37.1 Å². The molecular weight excluding hydrogens is 201 g/mol. The summed E-state index contributed by atoms with van der Waals surface area (Å²) in [4.78, 5) is 10.7. The summed E-state index contributed by atoms with van der Waals surface area (Å²) in [5.41, 5.74) is -2.93. The van der Waals surface area contributed by atoms with Crippen LogP contribution < -0.4 is 0 Å². The highest BCUT2D eigenvalue weighted by Crippen LogP contribution is 2.54. The van der Waals surface area contributed by atoms with Crippen molar-refractivity contribution in [2.75, 3.05) is 0 Å². The summed E-state index contributed by atoms with van der Waals surface area (Å²) >= 11 is 0. The number of carboxylic acids is 1. The van der Waals surface area contributed by atoms with Gasteiger partial charge in [0.1, 0.15) is 0 Å². The van der Waals surface area contributed by atoms with E-state index >= 15 is 0 Å². The summed E-state index contributed by atoms with van der Waals surface area (Å²) < 4.78 is 42.5. The molecular formula is C8H9F3O3. The number of rotatable bonds is 1. The van der Waals surface area contributed by atoms with Gasteiger partial charge in [0.05, 0.1) is 6.10 Å². The first-order valence-corrected chi connectivity index (χ1v) is 4.36. The van der Waals surface area contributed by atoms with Gasteiger partial charge >= 0.3 is 12.1 Å². The minimum absolute atomic E-state index is 0.214. The molecule has 1 aliphatic heterocycles. The van der Waals surface area contributed by atoms with Crippen LogP contribution in [0.25, 0.3) is 0 Å². The Morgan fingerprint density at radius 2 is 2.07 bits per heavy atom. The number of halogens is 3. The molecule has 2 bridgehead atoms. The lowest BCUT2D eigenvalue weighted by molar-refractivity contribution is -0.287. The molecule has 14 heavy (non-hydrogen) atoms. The van der Waals surface area contributed by atoms with Crippen LogP contribution in [-0.2, 0) is 9.53 Å². The number of alkyl halides is 3. The third-order valence-electron chi connectivity index (χ3n) is 3.05. The molecule has 1 aliphatic carbocycles. The fourth-order valence-electron chi connectivity index (χ4n) is 2.42. The molecule has 3 nitrogen and oxygen atoms in total. The highest BCUT2D eigenvalue weighted by molar-refractivity contribution is 5.80. The summed E-state index contributed by atoms with van der Waals surface area (Å²) in [7, 11) is 0. The lowest BCUT2D eigenvalue weighted by Gasteiger charge is -2.34. The Hall–Kier alpha value is -0.780. The van der Waals surface area contributed by atoms with E-state index in [2.05, 4.69) is 4.74 Å². The van der Waals surface area contributed by atoms with Crippen LogP contribution in [0.5, 0.6) is 0 Å². The molecule has 2 fully saturated rings. The van der Waals surface area contributed by atoms with Crippen LogP contribution in [0.4, 0.5) is 13.2 Å². The number of carbonyl (C=O) groups is 1. The molecule has 3 atom stereocenters. The van der Waals surface area contributed by atoms with Gasteiger partial charge in [-0.05, 0) is 19.3 Å². The van der Waals surface area contributed by atoms with Crippen molar-refractivity contribution in [1.29, 1.82) is 0 Å². The predicted molar refractivity (Wildman–Crippen MR) is 38.6 cm³/mol. The molecule has 2 rings (SSSR count). The normalized spacial score (nSPS) is 41.6. The highest BCUT2D eigenvalue weighted by Gasteiger charge is 2.72. The molecule has 1 saturated heterocycles. The lowest BCUT2D eigenvalue weighted by atomic mass is 9.86. The van der Waals surface area contributed by atoms with Gasteiger partial charge in [-0.3, -0.25) is 0 Å². The topological polar surface area (TPSA) is 46.5 Å². The molecule has 1 saturated carbocycles. The van der Waals surface area contributed by atoms with Gasteiger partial charge in [0.15, 0.2) is 0 Å². The van der Waals surface area contributed by atoms with E-state index in [0.717, 1.165) is 0 Å². The third kappa shape index (κ3) is 1.00. The van der Waals surface area contributed by atoms with Crippen LogP contribution in [0.1, 0.15) is 19.3 Å². The fraction of sp³-hybridized carbons (Fsp3) is 0.875. The molecule has 6 heteroatoms. The summed E-state index contributed by atoms with van der Waals surface area (Å²) in [5.74, 6) is -2.82. The van der Waals surface area contributed by atoms with Gasteiger partial charge in [-0.25, -0.2) is 4.79 Å². The van der Waals surface area contributed by atoms with Crippen LogP contribution in [-0.4, -0.2) is 29.0 Å². The molecule has 1 N–H and O–H groups in total.